The summed E-state index contributed by atoms with van der Waals surface area (Å²) in [4.78, 5) is 20.3. The van der Waals surface area contributed by atoms with E-state index in [1.54, 1.807) is 14.0 Å². The Hall–Kier alpha value is -2.48. The molecule has 1 fully saturated rings. The standard InChI is InChI=1S/C21H35N5O3/c1-5-22-21(23-9-10-25-11-13-26(14-12-25)18(3)27)24-16-17(2)29-20-8-6-7-19(15-20)28-4/h6-8,15,17H,5,9-14,16H2,1-4H3,(H2,22,23,24). The summed E-state index contributed by atoms with van der Waals surface area (Å²) in [5.74, 6) is 2.50. The van der Waals surface area contributed by atoms with Gasteiger partial charge in [-0.05, 0) is 26.0 Å². The number of nitrogens with one attached hydrogen (secondary N) is 2. The quantitative estimate of drug-likeness (QED) is 0.475. The number of ether oxygens (including phenoxy) is 2. The summed E-state index contributed by atoms with van der Waals surface area (Å²) in [6.07, 6.45) is -0.0581. The number of amides is 1. The van der Waals surface area contributed by atoms with Gasteiger partial charge in [0.1, 0.15) is 17.6 Å². The van der Waals surface area contributed by atoms with Gasteiger partial charge < -0.3 is 25.0 Å². The largest absolute Gasteiger partial charge is 0.497 e. The van der Waals surface area contributed by atoms with Gasteiger partial charge in [-0.2, -0.15) is 0 Å². The summed E-state index contributed by atoms with van der Waals surface area (Å²) in [7, 11) is 1.64. The number of rotatable bonds is 9. The molecule has 162 valence electrons. The van der Waals surface area contributed by atoms with Crippen LogP contribution in [0.25, 0.3) is 0 Å². The van der Waals surface area contributed by atoms with Crippen LogP contribution in [0, 0.1) is 0 Å². The molecular formula is C21H35N5O3. The van der Waals surface area contributed by atoms with Crippen LogP contribution in [0.15, 0.2) is 29.3 Å². The third kappa shape index (κ3) is 8.19. The number of benzene rings is 1. The Labute approximate surface area is 174 Å². The average Bonchev–Trinajstić information content (AvgIpc) is 2.72. The Balaban J connectivity index is 1.74. The molecule has 29 heavy (non-hydrogen) atoms. The minimum Gasteiger partial charge on any atom is -0.497 e. The highest BCUT2D eigenvalue weighted by Crippen LogP contribution is 2.19. The zero-order chi connectivity index (χ0) is 21.1. The van der Waals surface area contributed by atoms with Gasteiger partial charge in [-0.1, -0.05) is 6.07 Å². The SMILES string of the molecule is CCNC(=NCC(C)Oc1cccc(OC)c1)NCCN1CCN(C(C)=O)CC1. The zero-order valence-electron chi connectivity index (χ0n) is 18.1. The minimum absolute atomic E-state index is 0.0581. The number of hydrogen-bond acceptors (Lipinski definition) is 5. The van der Waals surface area contributed by atoms with Crippen molar-refractivity contribution in [2.24, 2.45) is 4.99 Å². The molecule has 2 rings (SSSR count). The van der Waals surface area contributed by atoms with Crippen LogP contribution in [-0.2, 0) is 4.79 Å². The van der Waals surface area contributed by atoms with Crippen molar-refractivity contribution in [1.82, 2.24) is 20.4 Å². The third-order valence-corrected chi connectivity index (χ3v) is 4.77. The highest BCUT2D eigenvalue weighted by Gasteiger charge is 2.18. The van der Waals surface area contributed by atoms with Gasteiger partial charge in [-0.3, -0.25) is 9.69 Å². The molecule has 1 aromatic rings. The van der Waals surface area contributed by atoms with Crippen molar-refractivity contribution in [3.63, 3.8) is 0 Å². The Morgan fingerprint density at radius 2 is 1.93 bits per heavy atom. The third-order valence-electron chi connectivity index (χ3n) is 4.77. The van der Waals surface area contributed by atoms with Gasteiger partial charge in [0, 0.05) is 58.8 Å². The Morgan fingerprint density at radius 3 is 2.59 bits per heavy atom. The summed E-state index contributed by atoms with van der Waals surface area (Å²) in [6.45, 7) is 12.2. The first kappa shape index (κ1) is 22.8. The molecule has 0 aliphatic carbocycles. The molecule has 0 radical (unpaired) electrons. The molecule has 1 aromatic carbocycles. The topological polar surface area (TPSA) is 78.4 Å². The van der Waals surface area contributed by atoms with Crippen LogP contribution in [0.4, 0.5) is 0 Å². The summed E-state index contributed by atoms with van der Waals surface area (Å²) >= 11 is 0. The van der Waals surface area contributed by atoms with Crippen molar-refractivity contribution < 1.29 is 14.3 Å². The smallest absolute Gasteiger partial charge is 0.219 e. The first-order chi connectivity index (χ1) is 14.0. The zero-order valence-corrected chi connectivity index (χ0v) is 18.1. The maximum Gasteiger partial charge on any atom is 0.219 e. The van der Waals surface area contributed by atoms with E-state index >= 15 is 0 Å². The molecule has 8 nitrogen and oxygen atoms in total. The number of nitrogens with zero attached hydrogens (tertiary/aromatic N) is 3. The van der Waals surface area contributed by atoms with Crippen LogP contribution in [0.2, 0.25) is 0 Å². The van der Waals surface area contributed by atoms with Crippen molar-refractivity contribution in [2.45, 2.75) is 26.9 Å². The Kier molecular flexibility index (Phi) is 9.56. The Bertz CT molecular complexity index is 659. The predicted octanol–water partition coefficient (Wildman–Crippen LogP) is 1.18. The molecule has 1 aliphatic heterocycles. The monoisotopic (exact) mass is 405 g/mol. The van der Waals surface area contributed by atoms with Crippen LogP contribution in [0.5, 0.6) is 11.5 Å². The molecule has 0 aromatic heterocycles. The summed E-state index contributed by atoms with van der Waals surface area (Å²) in [5, 5.41) is 6.65. The molecule has 1 heterocycles. The van der Waals surface area contributed by atoms with Gasteiger partial charge in [0.05, 0.1) is 13.7 Å². The second-order valence-electron chi connectivity index (χ2n) is 7.10. The molecule has 0 spiro atoms. The molecule has 1 saturated heterocycles. The van der Waals surface area contributed by atoms with Crippen LogP contribution < -0.4 is 20.1 Å². The Morgan fingerprint density at radius 1 is 1.21 bits per heavy atom. The first-order valence-corrected chi connectivity index (χ1v) is 10.3. The average molecular weight is 406 g/mol. The number of piperazine rings is 1. The fraction of sp³-hybridized carbons (Fsp3) is 0.619. The van der Waals surface area contributed by atoms with Gasteiger partial charge in [0.15, 0.2) is 5.96 Å². The molecule has 1 unspecified atom stereocenters. The van der Waals surface area contributed by atoms with E-state index in [1.807, 2.05) is 43.0 Å². The van der Waals surface area contributed by atoms with Crippen LogP contribution >= 0.6 is 0 Å². The number of methoxy groups -OCH3 is 1. The van der Waals surface area contributed by atoms with Crippen molar-refractivity contribution in [2.75, 3.05) is 59.5 Å². The summed E-state index contributed by atoms with van der Waals surface area (Å²) in [5.41, 5.74) is 0. The molecule has 2 N–H and O–H groups in total. The van der Waals surface area contributed by atoms with E-state index in [-0.39, 0.29) is 12.0 Å². The van der Waals surface area contributed by atoms with E-state index in [4.69, 9.17) is 9.47 Å². The van der Waals surface area contributed by atoms with Gasteiger partial charge in [-0.25, -0.2) is 4.99 Å². The lowest BCUT2D eigenvalue weighted by molar-refractivity contribution is -0.130. The van der Waals surface area contributed by atoms with Gasteiger partial charge in [0.2, 0.25) is 5.91 Å². The minimum atomic E-state index is -0.0581. The van der Waals surface area contributed by atoms with Crippen molar-refractivity contribution in [1.29, 1.82) is 0 Å². The first-order valence-electron chi connectivity index (χ1n) is 10.3. The lowest BCUT2D eigenvalue weighted by Gasteiger charge is -2.34. The van der Waals surface area contributed by atoms with Gasteiger partial charge in [0.25, 0.3) is 0 Å². The summed E-state index contributed by atoms with van der Waals surface area (Å²) < 4.78 is 11.2. The van der Waals surface area contributed by atoms with Crippen LogP contribution in [-0.4, -0.2) is 87.2 Å². The number of hydrogen-bond donors (Lipinski definition) is 2. The number of aliphatic imine (C=N–C) groups is 1. The molecule has 8 heteroatoms. The fourth-order valence-corrected chi connectivity index (χ4v) is 3.12. The number of carbonyl (C=O) groups excluding carboxylic acids is 1. The van der Waals surface area contributed by atoms with E-state index < -0.39 is 0 Å². The van der Waals surface area contributed by atoms with Crippen LogP contribution in [0.3, 0.4) is 0 Å². The second kappa shape index (κ2) is 12.2. The highest BCUT2D eigenvalue weighted by atomic mass is 16.5. The maximum atomic E-state index is 11.4. The normalized spacial score (nSPS) is 16.3. The lowest BCUT2D eigenvalue weighted by atomic mass is 10.3. The molecule has 1 atom stereocenters. The number of guanidine groups is 1. The van der Waals surface area contributed by atoms with E-state index in [9.17, 15) is 4.79 Å². The maximum absolute atomic E-state index is 11.4. The van der Waals surface area contributed by atoms with Crippen molar-refractivity contribution >= 4 is 11.9 Å². The predicted molar refractivity (Wildman–Crippen MR) is 116 cm³/mol. The molecule has 1 amide bonds. The highest BCUT2D eigenvalue weighted by molar-refractivity contribution is 5.79. The number of carbonyl (C=O) groups is 1. The van der Waals surface area contributed by atoms with E-state index in [0.29, 0.717) is 6.54 Å². The van der Waals surface area contributed by atoms with E-state index in [0.717, 1.165) is 63.3 Å². The van der Waals surface area contributed by atoms with Crippen molar-refractivity contribution in [3.8, 4) is 11.5 Å². The molecular weight excluding hydrogens is 370 g/mol. The molecule has 0 bridgehead atoms. The van der Waals surface area contributed by atoms with Gasteiger partial charge in [-0.15, -0.1) is 0 Å². The van der Waals surface area contributed by atoms with Crippen LogP contribution in [0.1, 0.15) is 20.8 Å². The lowest BCUT2D eigenvalue weighted by Crippen LogP contribution is -2.50. The fourth-order valence-electron chi connectivity index (χ4n) is 3.12. The van der Waals surface area contributed by atoms with Gasteiger partial charge >= 0.3 is 0 Å². The second-order valence-corrected chi connectivity index (χ2v) is 7.10. The molecule has 0 saturated carbocycles. The van der Waals surface area contributed by atoms with E-state index in [1.165, 1.54) is 0 Å². The van der Waals surface area contributed by atoms with E-state index in [2.05, 4.69) is 20.5 Å². The molecule has 1 aliphatic rings. The summed E-state index contributed by atoms with van der Waals surface area (Å²) in [6, 6.07) is 7.59. The van der Waals surface area contributed by atoms with Crippen molar-refractivity contribution in [3.05, 3.63) is 24.3 Å².